The first-order valence-corrected chi connectivity index (χ1v) is 8.18. The third kappa shape index (κ3) is 2.80. The number of hydrogen-bond donors (Lipinski definition) is 1. The maximum Gasteiger partial charge on any atom is 0.255 e. The number of H-pyrrole nitrogens is 1. The molecule has 1 unspecified atom stereocenters. The van der Waals surface area contributed by atoms with Crippen molar-refractivity contribution in [2.75, 3.05) is 6.54 Å². The van der Waals surface area contributed by atoms with Gasteiger partial charge in [0.15, 0.2) is 0 Å². The van der Waals surface area contributed by atoms with Crippen molar-refractivity contribution in [1.29, 1.82) is 0 Å². The van der Waals surface area contributed by atoms with Crippen LogP contribution in [-0.2, 0) is 0 Å². The summed E-state index contributed by atoms with van der Waals surface area (Å²) in [6.07, 6.45) is 3.38. The Kier molecular flexibility index (Phi) is 3.80. The Morgan fingerprint density at radius 1 is 1.24 bits per heavy atom. The summed E-state index contributed by atoms with van der Waals surface area (Å²) in [6.45, 7) is 0.587. The maximum absolute atomic E-state index is 13.7. The number of amides is 1. The highest BCUT2D eigenvalue weighted by molar-refractivity contribution is 6.06. The van der Waals surface area contributed by atoms with E-state index in [1.54, 1.807) is 11.1 Å². The van der Waals surface area contributed by atoms with Crippen LogP contribution in [0.25, 0.3) is 10.9 Å². The van der Waals surface area contributed by atoms with Crippen LogP contribution in [0.3, 0.4) is 0 Å². The van der Waals surface area contributed by atoms with Gasteiger partial charge in [-0.2, -0.15) is 0 Å². The molecule has 3 aromatic rings. The number of aromatic amines is 1. The Bertz CT molecular complexity index is 1000. The Labute approximate surface area is 143 Å². The minimum Gasteiger partial charge on any atom is -0.330 e. The number of rotatable bonds is 2. The fraction of sp³-hybridized carbons (Fsp3) is 0.211. The van der Waals surface area contributed by atoms with Crippen LogP contribution in [0.5, 0.6) is 0 Å². The number of carbonyl (C=O) groups is 1. The Balaban J connectivity index is 1.79. The summed E-state index contributed by atoms with van der Waals surface area (Å²) in [7, 11) is 0. The van der Waals surface area contributed by atoms with Gasteiger partial charge in [0.05, 0.1) is 17.3 Å². The molecule has 0 bridgehead atoms. The lowest BCUT2D eigenvalue weighted by Gasteiger charge is -2.24. The van der Waals surface area contributed by atoms with E-state index in [2.05, 4.69) is 9.97 Å². The second-order valence-electron chi connectivity index (χ2n) is 6.15. The van der Waals surface area contributed by atoms with Gasteiger partial charge in [-0.15, -0.1) is 0 Å². The molecule has 1 fully saturated rings. The lowest BCUT2D eigenvalue weighted by molar-refractivity contribution is 0.0734. The molecule has 1 aliphatic heterocycles. The van der Waals surface area contributed by atoms with Gasteiger partial charge >= 0.3 is 0 Å². The van der Waals surface area contributed by atoms with E-state index in [1.165, 1.54) is 24.3 Å². The van der Waals surface area contributed by atoms with Crippen molar-refractivity contribution in [2.24, 2.45) is 0 Å². The molecule has 0 saturated carbocycles. The number of nitrogens with zero attached hydrogens (tertiary/aromatic N) is 2. The number of benzene rings is 1. The molecule has 6 heteroatoms. The molecule has 1 aliphatic rings. The van der Waals surface area contributed by atoms with Gasteiger partial charge in [0.25, 0.3) is 5.91 Å². The van der Waals surface area contributed by atoms with E-state index < -0.39 is 5.82 Å². The number of fused-ring (bicyclic) bond motifs is 1. The van der Waals surface area contributed by atoms with Gasteiger partial charge in [-0.1, -0.05) is 6.07 Å². The van der Waals surface area contributed by atoms with E-state index in [0.29, 0.717) is 17.4 Å². The van der Waals surface area contributed by atoms with Crippen LogP contribution in [0.2, 0.25) is 0 Å². The molecule has 1 atom stereocenters. The normalized spacial score (nSPS) is 17.2. The molecular weight excluding hydrogens is 321 g/mol. The molecule has 1 aromatic carbocycles. The molecule has 0 spiro atoms. The zero-order valence-corrected chi connectivity index (χ0v) is 13.4. The third-order valence-electron chi connectivity index (χ3n) is 4.58. The average Bonchev–Trinajstić information content (AvgIpc) is 3.11. The second-order valence-corrected chi connectivity index (χ2v) is 6.15. The molecule has 2 aromatic heterocycles. The molecule has 126 valence electrons. The molecule has 5 nitrogen and oxygen atoms in total. The molecule has 3 heterocycles. The summed E-state index contributed by atoms with van der Waals surface area (Å²) in [4.78, 5) is 33.8. The molecule has 4 rings (SSSR count). The van der Waals surface area contributed by atoms with E-state index >= 15 is 0 Å². The van der Waals surface area contributed by atoms with Crippen LogP contribution in [0.15, 0.2) is 53.5 Å². The van der Waals surface area contributed by atoms with Crippen molar-refractivity contribution in [3.63, 3.8) is 0 Å². The third-order valence-corrected chi connectivity index (χ3v) is 4.58. The van der Waals surface area contributed by atoms with Crippen molar-refractivity contribution < 1.29 is 9.18 Å². The largest absolute Gasteiger partial charge is 0.330 e. The number of nitrogens with one attached hydrogen (secondary N) is 1. The lowest BCUT2D eigenvalue weighted by atomic mass is 10.1. The molecule has 1 N–H and O–H groups in total. The van der Waals surface area contributed by atoms with Gasteiger partial charge in [-0.25, -0.2) is 4.39 Å². The van der Waals surface area contributed by atoms with Crippen LogP contribution in [-0.4, -0.2) is 27.3 Å². The van der Waals surface area contributed by atoms with Crippen molar-refractivity contribution in [2.45, 2.75) is 18.9 Å². The first-order valence-electron chi connectivity index (χ1n) is 8.18. The lowest BCUT2D eigenvalue weighted by Crippen LogP contribution is -2.32. The van der Waals surface area contributed by atoms with Crippen molar-refractivity contribution in [3.8, 4) is 0 Å². The maximum atomic E-state index is 13.7. The molecule has 0 radical (unpaired) electrons. The van der Waals surface area contributed by atoms with Gasteiger partial charge in [0.2, 0.25) is 5.56 Å². The Morgan fingerprint density at radius 3 is 2.92 bits per heavy atom. The smallest absolute Gasteiger partial charge is 0.255 e. The fourth-order valence-electron chi connectivity index (χ4n) is 3.45. The SMILES string of the molecule is O=C(c1cc(=O)[nH]c2ccc(F)cc12)N1CCCC1c1ccccn1. The molecule has 1 amide bonds. The van der Waals surface area contributed by atoms with Gasteiger partial charge < -0.3 is 9.88 Å². The standard InChI is InChI=1S/C19H16FN3O2/c20-12-6-7-15-13(10-12)14(11-18(24)22-15)19(25)23-9-3-5-17(23)16-4-1-2-8-21-16/h1-2,4,6-8,10-11,17H,3,5,9H2,(H,22,24). The predicted octanol–water partition coefficient (Wildman–Crippen LogP) is 3.04. The van der Waals surface area contributed by atoms with Crippen LogP contribution < -0.4 is 5.56 Å². The fourth-order valence-corrected chi connectivity index (χ4v) is 3.45. The van der Waals surface area contributed by atoms with Crippen LogP contribution in [0.1, 0.15) is 34.9 Å². The van der Waals surface area contributed by atoms with Crippen LogP contribution in [0, 0.1) is 5.82 Å². The summed E-state index contributed by atoms with van der Waals surface area (Å²) in [6, 6.07) is 10.8. The Morgan fingerprint density at radius 2 is 2.12 bits per heavy atom. The predicted molar refractivity (Wildman–Crippen MR) is 91.8 cm³/mol. The Hall–Kier alpha value is -3.02. The summed E-state index contributed by atoms with van der Waals surface area (Å²) < 4.78 is 13.7. The second kappa shape index (κ2) is 6.12. The van der Waals surface area contributed by atoms with Gasteiger partial charge in [0.1, 0.15) is 5.82 Å². The zero-order chi connectivity index (χ0) is 17.4. The highest BCUT2D eigenvalue weighted by Gasteiger charge is 2.32. The minimum atomic E-state index is -0.448. The van der Waals surface area contributed by atoms with Crippen LogP contribution in [0.4, 0.5) is 4.39 Å². The number of hydrogen-bond acceptors (Lipinski definition) is 3. The highest BCUT2D eigenvalue weighted by Crippen LogP contribution is 2.32. The van der Waals surface area contributed by atoms with E-state index in [-0.39, 0.29) is 23.1 Å². The molecular formula is C19H16FN3O2. The number of likely N-dealkylation sites (tertiary alicyclic amines) is 1. The van der Waals surface area contributed by atoms with Crippen LogP contribution >= 0.6 is 0 Å². The van der Waals surface area contributed by atoms with Gasteiger partial charge in [-0.3, -0.25) is 14.6 Å². The number of carbonyl (C=O) groups excluding carboxylic acids is 1. The first-order chi connectivity index (χ1) is 12.1. The van der Waals surface area contributed by atoms with Crippen molar-refractivity contribution in [1.82, 2.24) is 14.9 Å². The summed E-state index contributed by atoms with van der Waals surface area (Å²) >= 11 is 0. The van der Waals surface area contributed by atoms with Gasteiger partial charge in [-0.05, 0) is 43.2 Å². The van der Waals surface area contributed by atoms with E-state index in [1.807, 2.05) is 18.2 Å². The zero-order valence-electron chi connectivity index (χ0n) is 13.4. The highest BCUT2D eigenvalue weighted by atomic mass is 19.1. The van der Waals surface area contributed by atoms with E-state index in [0.717, 1.165) is 18.5 Å². The van der Waals surface area contributed by atoms with Gasteiger partial charge in [0, 0.05) is 29.7 Å². The van der Waals surface area contributed by atoms with E-state index in [9.17, 15) is 14.0 Å². The molecule has 1 saturated heterocycles. The molecule has 25 heavy (non-hydrogen) atoms. The van der Waals surface area contributed by atoms with E-state index in [4.69, 9.17) is 0 Å². The number of pyridine rings is 2. The topological polar surface area (TPSA) is 66.1 Å². The summed E-state index contributed by atoms with van der Waals surface area (Å²) in [5.74, 6) is -0.717. The number of halogens is 1. The summed E-state index contributed by atoms with van der Waals surface area (Å²) in [5, 5.41) is 0.413. The van der Waals surface area contributed by atoms with Crippen molar-refractivity contribution >= 4 is 16.8 Å². The minimum absolute atomic E-state index is 0.128. The summed E-state index contributed by atoms with van der Waals surface area (Å²) in [5.41, 5.74) is 1.12. The average molecular weight is 337 g/mol. The monoisotopic (exact) mass is 337 g/mol. The molecule has 0 aliphatic carbocycles. The van der Waals surface area contributed by atoms with Crippen molar-refractivity contribution in [3.05, 3.63) is 76.1 Å². The first kappa shape index (κ1) is 15.5. The quantitative estimate of drug-likeness (QED) is 0.782. The number of aromatic nitrogens is 2.